The second kappa shape index (κ2) is 11.0. The number of aliphatic hydroxyl groups is 1. The van der Waals surface area contributed by atoms with Gasteiger partial charge in [-0.3, -0.25) is 0 Å². The molecule has 156 valence electrons. The molecule has 28 heavy (non-hydrogen) atoms. The minimum atomic E-state index is -1.03. The zero-order valence-electron chi connectivity index (χ0n) is 16.2. The number of carbonyl (C=O) groups is 1. The molecule has 1 aliphatic heterocycles. The molecule has 10 heteroatoms. The SMILES string of the molecule is CCO[C@H]1O[C@H]([C@@H](CNC(=O)N(C)N=O)OC)[C@H](OCc2ccccc2)[C@H]1O. The van der Waals surface area contributed by atoms with Gasteiger partial charge in [0, 0.05) is 27.3 Å². The van der Waals surface area contributed by atoms with Crippen molar-refractivity contribution in [1.82, 2.24) is 10.3 Å². The molecule has 0 saturated carbocycles. The zero-order chi connectivity index (χ0) is 20.5. The van der Waals surface area contributed by atoms with E-state index in [1.165, 1.54) is 14.2 Å². The summed E-state index contributed by atoms with van der Waals surface area (Å²) in [6.45, 7) is 2.43. The minimum Gasteiger partial charge on any atom is -0.385 e. The highest BCUT2D eigenvalue weighted by Crippen LogP contribution is 2.29. The fourth-order valence-electron chi connectivity index (χ4n) is 2.90. The predicted octanol–water partition coefficient (Wildman–Crippen LogP) is 1.03. The Morgan fingerprint density at radius 1 is 1.36 bits per heavy atom. The Hall–Kier alpha value is -2.11. The Morgan fingerprint density at radius 3 is 2.68 bits per heavy atom. The molecule has 0 bridgehead atoms. The molecule has 1 fully saturated rings. The first-order valence-corrected chi connectivity index (χ1v) is 9.00. The number of rotatable bonds is 10. The third-order valence-corrected chi connectivity index (χ3v) is 4.39. The molecule has 0 spiro atoms. The van der Waals surface area contributed by atoms with Gasteiger partial charge in [0.15, 0.2) is 6.29 Å². The third-order valence-electron chi connectivity index (χ3n) is 4.39. The highest BCUT2D eigenvalue weighted by molar-refractivity contribution is 5.73. The van der Waals surface area contributed by atoms with Crippen LogP contribution in [0.5, 0.6) is 0 Å². The summed E-state index contributed by atoms with van der Waals surface area (Å²) in [5.74, 6) is 0. The molecule has 1 aromatic rings. The van der Waals surface area contributed by atoms with Crippen LogP contribution >= 0.6 is 0 Å². The summed E-state index contributed by atoms with van der Waals surface area (Å²) >= 11 is 0. The van der Waals surface area contributed by atoms with Crippen LogP contribution in [-0.4, -0.2) is 74.2 Å². The average molecular weight is 397 g/mol. The summed E-state index contributed by atoms with van der Waals surface area (Å²) in [7, 11) is 2.69. The molecule has 2 rings (SSSR count). The fourth-order valence-corrected chi connectivity index (χ4v) is 2.90. The van der Waals surface area contributed by atoms with Crippen molar-refractivity contribution in [3.63, 3.8) is 0 Å². The first-order valence-electron chi connectivity index (χ1n) is 9.00. The highest BCUT2D eigenvalue weighted by Gasteiger charge is 2.48. The van der Waals surface area contributed by atoms with Crippen LogP contribution in [0.4, 0.5) is 4.79 Å². The molecule has 5 atom stereocenters. The summed E-state index contributed by atoms with van der Waals surface area (Å²) in [6.07, 6.45) is -3.98. The fraction of sp³-hybridized carbons (Fsp3) is 0.611. The Morgan fingerprint density at radius 2 is 2.07 bits per heavy atom. The largest absolute Gasteiger partial charge is 0.385 e. The Kier molecular flexibility index (Phi) is 8.74. The Balaban J connectivity index is 2.06. The molecule has 1 saturated heterocycles. The summed E-state index contributed by atoms with van der Waals surface area (Å²) < 4.78 is 22.6. The molecular formula is C18H27N3O7. The van der Waals surface area contributed by atoms with Gasteiger partial charge in [0.25, 0.3) is 0 Å². The monoisotopic (exact) mass is 397 g/mol. The number of methoxy groups -OCH3 is 1. The van der Waals surface area contributed by atoms with E-state index in [1.807, 2.05) is 30.3 Å². The first-order chi connectivity index (χ1) is 13.5. The van der Waals surface area contributed by atoms with Gasteiger partial charge in [0.1, 0.15) is 24.4 Å². The predicted molar refractivity (Wildman–Crippen MR) is 99.1 cm³/mol. The van der Waals surface area contributed by atoms with Crippen molar-refractivity contribution in [2.45, 2.75) is 44.2 Å². The van der Waals surface area contributed by atoms with Crippen molar-refractivity contribution in [2.24, 2.45) is 5.29 Å². The number of aliphatic hydroxyl groups excluding tert-OH is 1. The molecule has 1 heterocycles. The lowest BCUT2D eigenvalue weighted by molar-refractivity contribution is -0.177. The molecule has 0 aromatic heterocycles. The number of carbonyl (C=O) groups excluding carboxylic acids is 1. The van der Waals surface area contributed by atoms with Crippen molar-refractivity contribution in [1.29, 1.82) is 0 Å². The lowest BCUT2D eigenvalue weighted by atomic mass is 10.1. The van der Waals surface area contributed by atoms with Crippen molar-refractivity contribution in [3.8, 4) is 0 Å². The number of hydrogen-bond acceptors (Lipinski definition) is 8. The first kappa shape index (κ1) is 22.2. The molecule has 0 radical (unpaired) electrons. The lowest BCUT2D eigenvalue weighted by Gasteiger charge is -2.27. The Labute approximate surface area is 163 Å². The quantitative estimate of drug-likeness (QED) is 0.447. The van der Waals surface area contributed by atoms with E-state index in [-0.39, 0.29) is 13.2 Å². The summed E-state index contributed by atoms with van der Waals surface area (Å²) in [6, 6.07) is 8.83. The average Bonchev–Trinajstić information content (AvgIpc) is 3.02. The zero-order valence-corrected chi connectivity index (χ0v) is 16.2. The van der Waals surface area contributed by atoms with Crippen LogP contribution in [-0.2, 0) is 25.6 Å². The highest BCUT2D eigenvalue weighted by atomic mass is 16.7. The van der Waals surface area contributed by atoms with Crippen LogP contribution < -0.4 is 5.32 Å². The maximum Gasteiger partial charge on any atom is 0.340 e. The van der Waals surface area contributed by atoms with Gasteiger partial charge in [0.05, 0.1) is 11.9 Å². The standard InChI is InChI=1S/C18H27N3O7/c1-4-26-17-14(22)16(27-11-12-8-6-5-7-9-12)15(28-17)13(25-3)10-19-18(23)21(2)20-24/h5-9,13-17,22H,4,10-11H2,1-3H3,(H,19,23)/t13-,14-,15-,16-,17+/m1/s1. The van der Waals surface area contributed by atoms with Crippen molar-refractivity contribution >= 4 is 6.03 Å². The van der Waals surface area contributed by atoms with E-state index >= 15 is 0 Å². The van der Waals surface area contributed by atoms with Crippen molar-refractivity contribution in [2.75, 3.05) is 27.3 Å². The molecular weight excluding hydrogens is 370 g/mol. The van der Waals surface area contributed by atoms with E-state index < -0.39 is 36.7 Å². The van der Waals surface area contributed by atoms with E-state index in [9.17, 15) is 14.8 Å². The molecule has 2 amide bonds. The van der Waals surface area contributed by atoms with Crippen LogP contribution in [0.1, 0.15) is 12.5 Å². The van der Waals surface area contributed by atoms with Crippen LogP contribution in [0.3, 0.4) is 0 Å². The molecule has 0 aliphatic carbocycles. The summed E-state index contributed by atoms with van der Waals surface area (Å²) in [5, 5.41) is 16.3. The maximum absolute atomic E-state index is 11.8. The third kappa shape index (κ3) is 5.69. The van der Waals surface area contributed by atoms with Crippen molar-refractivity contribution in [3.05, 3.63) is 40.8 Å². The topological polar surface area (TPSA) is 119 Å². The smallest absolute Gasteiger partial charge is 0.340 e. The van der Waals surface area contributed by atoms with Crippen LogP contribution in [0, 0.1) is 4.91 Å². The van der Waals surface area contributed by atoms with Gasteiger partial charge in [-0.15, -0.1) is 4.91 Å². The number of ether oxygens (including phenoxy) is 4. The molecule has 1 aliphatic rings. The van der Waals surface area contributed by atoms with Gasteiger partial charge in [-0.2, -0.15) is 5.01 Å². The molecule has 0 unspecified atom stereocenters. The van der Waals surface area contributed by atoms with Crippen LogP contribution in [0.15, 0.2) is 35.6 Å². The maximum atomic E-state index is 11.8. The Bertz CT molecular complexity index is 618. The minimum absolute atomic E-state index is 0.0244. The molecule has 10 nitrogen and oxygen atoms in total. The van der Waals surface area contributed by atoms with Crippen LogP contribution in [0.2, 0.25) is 0 Å². The number of benzene rings is 1. The second-order valence-corrected chi connectivity index (χ2v) is 6.24. The number of nitroso groups, excluding NO2 is 1. The number of hydrogen-bond donors (Lipinski definition) is 2. The normalized spacial score (nSPS) is 25.3. The summed E-state index contributed by atoms with van der Waals surface area (Å²) in [5.41, 5.74) is 0.939. The van der Waals surface area contributed by atoms with E-state index in [0.717, 1.165) is 5.56 Å². The second-order valence-electron chi connectivity index (χ2n) is 6.24. The lowest BCUT2D eigenvalue weighted by Crippen LogP contribution is -2.48. The van der Waals surface area contributed by atoms with E-state index in [2.05, 4.69) is 10.6 Å². The molecule has 2 N–H and O–H groups in total. The van der Waals surface area contributed by atoms with Crippen LogP contribution in [0.25, 0.3) is 0 Å². The number of nitrogens with one attached hydrogen (secondary N) is 1. The van der Waals surface area contributed by atoms with Gasteiger partial charge in [-0.25, -0.2) is 4.79 Å². The molecule has 1 aromatic carbocycles. The number of nitrogens with zero attached hydrogens (tertiary/aromatic N) is 2. The number of amides is 2. The van der Waals surface area contributed by atoms with Gasteiger partial charge < -0.3 is 29.4 Å². The van der Waals surface area contributed by atoms with Gasteiger partial charge in [-0.05, 0) is 12.5 Å². The van der Waals surface area contributed by atoms with E-state index in [0.29, 0.717) is 11.6 Å². The number of urea groups is 1. The van der Waals surface area contributed by atoms with Gasteiger partial charge in [0.2, 0.25) is 0 Å². The summed E-state index contributed by atoms with van der Waals surface area (Å²) in [4.78, 5) is 22.2. The van der Waals surface area contributed by atoms with E-state index in [1.54, 1.807) is 6.92 Å². The van der Waals surface area contributed by atoms with E-state index in [4.69, 9.17) is 18.9 Å². The van der Waals surface area contributed by atoms with Gasteiger partial charge in [-0.1, -0.05) is 30.3 Å². The van der Waals surface area contributed by atoms with Crippen molar-refractivity contribution < 1.29 is 28.8 Å². The van der Waals surface area contributed by atoms with Gasteiger partial charge >= 0.3 is 6.03 Å².